The Bertz CT molecular complexity index is 513. The highest BCUT2D eigenvalue weighted by molar-refractivity contribution is 9.10. The number of nitrogens with zero attached hydrogens (tertiary/aromatic N) is 4. The van der Waals surface area contributed by atoms with Crippen LogP contribution in [-0.4, -0.2) is 26.3 Å². The molecule has 0 amide bonds. The fraction of sp³-hybridized carbons (Fsp3) is 0.300. The van der Waals surface area contributed by atoms with E-state index >= 15 is 0 Å². The zero-order chi connectivity index (χ0) is 12.3. The zero-order valence-corrected chi connectivity index (χ0v) is 11.9. The topological polar surface area (TPSA) is 55.6 Å². The Morgan fingerprint density at radius 2 is 2.29 bits per heavy atom. The summed E-state index contributed by atoms with van der Waals surface area (Å²) in [6.07, 6.45) is 5.32. The summed E-state index contributed by atoms with van der Waals surface area (Å²) in [7, 11) is 1.89. The van der Waals surface area contributed by atoms with Gasteiger partial charge >= 0.3 is 0 Å². The van der Waals surface area contributed by atoms with E-state index in [4.69, 9.17) is 0 Å². The second-order valence-electron chi connectivity index (χ2n) is 3.32. The lowest BCUT2D eigenvalue weighted by Gasteiger charge is -2.07. The summed E-state index contributed by atoms with van der Waals surface area (Å²) < 4.78 is 2.65. The molecule has 0 radical (unpaired) electrons. The molecule has 0 atom stereocenters. The monoisotopic (exact) mass is 313 g/mol. The highest BCUT2D eigenvalue weighted by atomic mass is 79.9. The van der Waals surface area contributed by atoms with Gasteiger partial charge in [-0.25, -0.2) is 9.97 Å². The molecule has 0 aliphatic heterocycles. The molecule has 2 rings (SSSR count). The third-order valence-electron chi connectivity index (χ3n) is 2.00. The summed E-state index contributed by atoms with van der Waals surface area (Å²) in [5.41, 5.74) is 0. The van der Waals surface area contributed by atoms with Crippen molar-refractivity contribution in [2.75, 3.05) is 11.9 Å². The Kier molecular flexibility index (Phi) is 4.01. The molecular formula is C10H12BrN5S. The van der Waals surface area contributed by atoms with E-state index in [9.17, 15) is 0 Å². The summed E-state index contributed by atoms with van der Waals surface area (Å²) in [5.74, 6) is 0.814. The van der Waals surface area contributed by atoms with Gasteiger partial charge in [0.15, 0.2) is 0 Å². The molecular weight excluding hydrogens is 302 g/mol. The molecule has 0 spiro atoms. The lowest BCUT2D eigenvalue weighted by atomic mass is 10.5. The number of rotatable bonds is 4. The van der Waals surface area contributed by atoms with E-state index < -0.39 is 0 Å². The average Bonchev–Trinajstić information content (AvgIpc) is 2.70. The Hall–Kier alpha value is -1.08. The summed E-state index contributed by atoms with van der Waals surface area (Å²) in [6, 6.07) is 0. The van der Waals surface area contributed by atoms with Crippen LogP contribution in [-0.2, 0) is 7.05 Å². The molecule has 90 valence electrons. The van der Waals surface area contributed by atoms with Gasteiger partial charge in [0.05, 0.1) is 15.6 Å². The van der Waals surface area contributed by atoms with Gasteiger partial charge in [0.1, 0.15) is 17.2 Å². The van der Waals surface area contributed by atoms with Crippen molar-refractivity contribution in [1.82, 2.24) is 19.7 Å². The van der Waals surface area contributed by atoms with Crippen LogP contribution in [0.1, 0.15) is 6.92 Å². The highest BCUT2D eigenvalue weighted by Gasteiger charge is 2.10. The van der Waals surface area contributed by atoms with Crippen molar-refractivity contribution < 1.29 is 0 Å². The van der Waals surface area contributed by atoms with Gasteiger partial charge in [0, 0.05) is 19.8 Å². The molecule has 0 fully saturated rings. The van der Waals surface area contributed by atoms with Crippen LogP contribution < -0.4 is 5.32 Å². The molecule has 2 aromatic heterocycles. The molecule has 7 heteroatoms. The number of halogens is 1. The largest absolute Gasteiger partial charge is 0.369 e. The molecule has 0 saturated carbocycles. The Balaban J connectivity index is 2.23. The summed E-state index contributed by atoms with van der Waals surface area (Å²) in [4.78, 5) is 9.48. The van der Waals surface area contributed by atoms with E-state index in [0.717, 1.165) is 26.8 Å². The zero-order valence-electron chi connectivity index (χ0n) is 9.51. The minimum absolute atomic E-state index is 0.814. The van der Waals surface area contributed by atoms with Crippen molar-refractivity contribution in [3.8, 4) is 0 Å². The first-order valence-electron chi connectivity index (χ1n) is 5.11. The maximum absolute atomic E-state index is 4.25. The second-order valence-corrected chi connectivity index (χ2v) is 5.18. The molecule has 2 heterocycles. The number of aryl methyl sites for hydroxylation is 1. The van der Waals surface area contributed by atoms with Crippen LogP contribution in [0.3, 0.4) is 0 Å². The number of anilines is 1. The third kappa shape index (κ3) is 2.98. The minimum Gasteiger partial charge on any atom is -0.369 e. The van der Waals surface area contributed by atoms with Crippen LogP contribution in [0.2, 0.25) is 0 Å². The van der Waals surface area contributed by atoms with Crippen molar-refractivity contribution in [3.05, 3.63) is 23.2 Å². The third-order valence-corrected chi connectivity index (χ3v) is 3.96. The molecule has 1 N–H and O–H groups in total. The van der Waals surface area contributed by atoms with E-state index in [1.54, 1.807) is 22.8 Å². The molecule has 2 aromatic rings. The standard InChI is InChI=1S/C10H12BrN5S/c1-3-12-9-8(11)10(14-6-13-9)17-7-4-15-16(2)5-7/h4-6H,3H2,1-2H3,(H,12,13,14). The molecule has 17 heavy (non-hydrogen) atoms. The lowest BCUT2D eigenvalue weighted by Crippen LogP contribution is -2.01. The Labute approximate surface area is 112 Å². The summed E-state index contributed by atoms with van der Waals surface area (Å²) in [6.45, 7) is 2.86. The van der Waals surface area contributed by atoms with Gasteiger partial charge in [0.25, 0.3) is 0 Å². The van der Waals surface area contributed by atoms with Gasteiger partial charge in [-0.05, 0) is 22.9 Å². The number of nitrogens with one attached hydrogen (secondary N) is 1. The smallest absolute Gasteiger partial charge is 0.144 e. The van der Waals surface area contributed by atoms with Gasteiger partial charge in [-0.15, -0.1) is 0 Å². The van der Waals surface area contributed by atoms with Gasteiger partial charge in [0.2, 0.25) is 0 Å². The van der Waals surface area contributed by atoms with Crippen LogP contribution in [0.25, 0.3) is 0 Å². The normalized spacial score (nSPS) is 10.5. The SMILES string of the molecule is CCNc1ncnc(Sc2cnn(C)c2)c1Br. The van der Waals surface area contributed by atoms with E-state index in [2.05, 4.69) is 36.3 Å². The molecule has 0 bridgehead atoms. The van der Waals surface area contributed by atoms with Crippen LogP contribution in [0, 0.1) is 0 Å². The molecule has 0 aliphatic rings. The van der Waals surface area contributed by atoms with Gasteiger partial charge in [-0.2, -0.15) is 5.10 Å². The van der Waals surface area contributed by atoms with E-state index in [0.29, 0.717) is 0 Å². The quantitative estimate of drug-likeness (QED) is 0.879. The summed E-state index contributed by atoms with van der Waals surface area (Å²) in [5, 5.41) is 8.18. The van der Waals surface area contributed by atoms with Crippen molar-refractivity contribution >= 4 is 33.5 Å². The maximum atomic E-state index is 4.25. The first-order valence-corrected chi connectivity index (χ1v) is 6.72. The maximum Gasteiger partial charge on any atom is 0.144 e. The van der Waals surface area contributed by atoms with E-state index in [1.165, 1.54) is 0 Å². The van der Waals surface area contributed by atoms with Gasteiger partial charge < -0.3 is 5.32 Å². The van der Waals surface area contributed by atoms with E-state index in [-0.39, 0.29) is 0 Å². The van der Waals surface area contributed by atoms with Crippen LogP contribution in [0.5, 0.6) is 0 Å². The molecule has 0 unspecified atom stereocenters. The van der Waals surface area contributed by atoms with Crippen molar-refractivity contribution in [2.45, 2.75) is 16.8 Å². The predicted molar refractivity (Wildman–Crippen MR) is 71.2 cm³/mol. The lowest BCUT2D eigenvalue weighted by molar-refractivity contribution is 0.766. The fourth-order valence-corrected chi connectivity index (χ4v) is 2.68. The molecule has 5 nitrogen and oxygen atoms in total. The van der Waals surface area contributed by atoms with Crippen LogP contribution >= 0.6 is 27.7 Å². The highest BCUT2D eigenvalue weighted by Crippen LogP contribution is 2.34. The average molecular weight is 314 g/mol. The first-order chi connectivity index (χ1) is 8.20. The summed E-state index contributed by atoms with van der Waals surface area (Å²) >= 11 is 5.06. The molecule has 0 saturated heterocycles. The number of hydrogen-bond donors (Lipinski definition) is 1. The Morgan fingerprint density at radius 3 is 2.94 bits per heavy atom. The van der Waals surface area contributed by atoms with Gasteiger partial charge in [-0.1, -0.05) is 11.8 Å². The first kappa shape index (κ1) is 12.4. The number of hydrogen-bond acceptors (Lipinski definition) is 5. The molecule has 0 aromatic carbocycles. The van der Waals surface area contributed by atoms with Gasteiger partial charge in [-0.3, -0.25) is 4.68 Å². The van der Waals surface area contributed by atoms with Crippen molar-refractivity contribution in [2.24, 2.45) is 7.05 Å². The van der Waals surface area contributed by atoms with Crippen molar-refractivity contribution in [1.29, 1.82) is 0 Å². The fourth-order valence-electron chi connectivity index (χ4n) is 1.28. The second kappa shape index (κ2) is 5.50. The minimum atomic E-state index is 0.814. The van der Waals surface area contributed by atoms with Crippen molar-refractivity contribution in [3.63, 3.8) is 0 Å². The predicted octanol–water partition coefficient (Wildman–Crippen LogP) is 2.56. The Morgan fingerprint density at radius 1 is 1.47 bits per heavy atom. The van der Waals surface area contributed by atoms with E-state index in [1.807, 2.05) is 26.4 Å². The van der Waals surface area contributed by atoms with Crippen LogP contribution in [0.15, 0.2) is 33.1 Å². The molecule has 0 aliphatic carbocycles. The van der Waals surface area contributed by atoms with Crippen LogP contribution in [0.4, 0.5) is 5.82 Å². The number of aromatic nitrogens is 4.